The van der Waals surface area contributed by atoms with Crippen LogP contribution in [0, 0.1) is 0 Å². The lowest BCUT2D eigenvalue weighted by atomic mass is 10.00. The Morgan fingerprint density at radius 3 is 2.88 bits per heavy atom. The second-order valence-electron chi connectivity index (χ2n) is 4.83. The van der Waals surface area contributed by atoms with E-state index < -0.39 is 0 Å². The molecule has 1 aliphatic heterocycles. The van der Waals surface area contributed by atoms with Gasteiger partial charge in [-0.1, -0.05) is 24.6 Å². The molecule has 0 fully saturated rings. The third-order valence-electron chi connectivity index (χ3n) is 3.57. The van der Waals surface area contributed by atoms with E-state index >= 15 is 0 Å². The molecule has 2 N–H and O–H groups in total. The lowest BCUT2D eigenvalue weighted by molar-refractivity contribution is 0.185. The highest BCUT2D eigenvalue weighted by Crippen LogP contribution is 2.30. The van der Waals surface area contributed by atoms with Crippen LogP contribution in [0.4, 0.5) is 0 Å². The van der Waals surface area contributed by atoms with Crippen LogP contribution in [0.3, 0.4) is 0 Å². The topological polar surface area (TPSA) is 29.3 Å². The summed E-state index contributed by atoms with van der Waals surface area (Å²) in [6, 6.07) is 4.97. The highest BCUT2D eigenvalue weighted by molar-refractivity contribution is 7.10. The number of hydrogen-bond donors (Lipinski definition) is 1. The van der Waals surface area contributed by atoms with Crippen LogP contribution in [-0.4, -0.2) is 24.0 Å². The van der Waals surface area contributed by atoms with E-state index in [0.29, 0.717) is 6.04 Å². The molecule has 1 aliphatic rings. The number of nitrogens with two attached hydrogens (primary N) is 1. The summed E-state index contributed by atoms with van der Waals surface area (Å²) in [5, 5.41) is 2.15. The first-order chi connectivity index (χ1) is 8.22. The molecule has 0 saturated heterocycles. The number of thiophene rings is 1. The molecular weight excluding hydrogens is 228 g/mol. The third-order valence-corrected chi connectivity index (χ3v) is 4.52. The van der Waals surface area contributed by atoms with E-state index in [2.05, 4.69) is 42.3 Å². The maximum Gasteiger partial charge on any atom is 0.0596 e. The fraction of sp³-hybridized carbons (Fsp3) is 0.571. The Hall–Kier alpha value is -0.640. The Labute approximate surface area is 108 Å². The molecule has 2 heterocycles. The van der Waals surface area contributed by atoms with Crippen LogP contribution in [0.1, 0.15) is 37.6 Å². The van der Waals surface area contributed by atoms with Crippen molar-refractivity contribution >= 4 is 11.3 Å². The molecule has 0 saturated carbocycles. The summed E-state index contributed by atoms with van der Waals surface area (Å²) >= 11 is 1.83. The van der Waals surface area contributed by atoms with Crippen LogP contribution in [0.15, 0.2) is 29.2 Å². The zero-order valence-corrected chi connectivity index (χ0v) is 11.5. The molecular formula is C14H22N2S. The van der Waals surface area contributed by atoms with Crippen molar-refractivity contribution in [1.29, 1.82) is 0 Å². The molecule has 1 aromatic rings. The largest absolute Gasteiger partial charge is 0.326 e. The summed E-state index contributed by atoms with van der Waals surface area (Å²) in [5.41, 5.74) is 7.83. The Kier molecular flexibility index (Phi) is 4.37. The van der Waals surface area contributed by atoms with Crippen LogP contribution in [0.2, 0.25) is 0 Å². The van der Waals surface area contributed by atoms with E-state index in [1.807, 2.05) is 11.3 Å². The first-order valence-electron chi connectivity index (χ1n) is 6.41. The van der Waals surface area contributed by atoms with Gasteiger partial charge in [-0.25, -0.2) is 0 Å². The average molecular weight is 250 g/mol. The summed E-state index contributed by atoms with van der Waals surface area (Å²) in [7, 11) is 0. The predicted octanol–water partition coefficient (Wildman–Crippen LogP) is 3.18. The van der Waals surface area contributed by atoms with Crippen molar-refractivity contribution in [1.82, 2.24) is 4.90 Å². The van der Waals surface area contributed by atoms with Crippen molar-refractivity contribution in [2.75, 3.05) is 13.1 Å². The first-order valence-corrected chi connectivity index (χ1v) is 7.29. The molecule has 3 heteroatoms. The van der Waals surface area contributed by atoms with Gasteiger partial charge in [-0.2, -0.15) is 0 Å². The van der Waals surface area contributed by atoms with Gasteiger partial charge in [0, 0.05) is 24.0 Å². The third kappa shape index (κ3) is 2.97. The zero-order valence-electron chi connectivity index (χ0n) is 10.7. The van der Waals surface area contributed by atoms with Crippen LogP contribution in [0.25, 0.3) is 0 Å². The highest BCUT2D eigenvalue weighted by Gasteiger charge is 2.26. The van der Waals surface area contributed by atoms with Gasteiger partial charge in [0.1, 0.15) is 0 Å². The second-order valence-corrected chi connectivity index (χ2v) is 5.81. The van der Waals surface area contributed by atoms with Crippen molar-refractivity contribution in [3.8, 4) is 0 Å². The van der Waals surface area contributed by atoms with Gasteiger partial charge in [-0.05, 0) is 31.2 Å². The van der Waals surface area contributed by atoms with Crippen molar-refractivity contribution < 1.29 is 0 Å². The number of hydrogen-bond acceptors (Lipinski definition) is 3. The molecule has 2 rings (SSSR count). The molecule has 2 nitrogen and oxygen atoms in total. The molecule has 0 aromatic carbocycles. The summed E-state index contributed by atoms with van der Waals surface area (Å²) in [4.78, 5) is 3.93. The molecule has 0 aliphatic carbocycles. The van der Waals surface area contributed by atoms with Crippen LogP contribution in [0.5, 0.6) is 0 Å². The van der Waals surface area contributed by atoms with Gasteiger partial charge in [0.2, 0.25) is 0 Å². The van der Waals surface area contributed by atoms with Crippen LogP contribution >= 0.6 is 11.3 Å². The Morgan fingerprint density at radius 2 is 2.35 bits per heavy atom. The Balaban J connectivity index is 2.17. The summed E-state index contributed by atoms with van der Waals surface area (Å²) in [6.45, 7) is 6.58. The smallest absolute Gasteiger partial charge is 0.0596 e. The minimum absolute atomic E-state index is 0.237. The molecule has 0 radical (unpaired) electrons. The quantitative estimate of drug-likeness (QED) is 0.832. The number of rotatable bonds is 4. The van der Waals surface area contributed by atoms with E-state index in [9.17, 15) is 0 Å². The monoisotopic (exact) mass is 250 g/mol. The van der Waals surface area contributed by atoms with E-state index in [0.717, 1.165) is 19.5 Å². The van der Waals surface area contributed by atoms with Gasteiger partial charge < -0.3 is 5.73 Å². The minimum Gasteiger partial charge on any atom is -0.326 e. The fourth-order valence-corrected chi connectivity index (χ4v) is 3.32. The Morgan fingerprint density at radius 1 is 1.53 bits per heavy atom. The average Bonchev–Trinajstić information content (AvgIpc) is 2.85. The normalized spacial score (nSPS) is 21.0. The SMILES string of the molecule is CCC(N)C(c1cccs1)N1CC=C(C)CC1. The maximum atomic E-state index is 6.32. The van der Waals surface area contributed by atoms with E-state index in [1.54, 1.807) is 0 Å². The van der Waals surface area contributed by atoms with Gasteiger partial charge in [0.15, 0.2) is 0 Å². The second kappa shape index (κ2) is 5.80. The van der Waals surface area contributed by atoms with E-state index in [-0.39, 0.29) is 6.04 Å². The van der Waals surface area contributed by atoms with Crippen LogP contribution < -0.4 is 5.73 Å². The van der Waals surface area contributed by atoms with E-state index in [4.69, 9.17) is 5.73 Å². The standard InChI is InChI=1S/C14H22N2S/c1-3-12(15)14(13-5-4-10-17-13)16-8-6-11(2)7-9-16/h4-6,10,12,14H,3,7-9,15H2,1-2H3. The van der Waals surface area contributed by atoms with E-state index in [1.165, 1.54) is 16.9 Å². The van der Waals surface area contributed by atoms with Crippen LogP contribution in [-0.2, 0) is 0 Å². The van der Waals surface area contributed by atoms with Crippen molar-refractivity contribution in [2.45, 2.75) is 38.8 Å². The van der Waals surface area contributed by atoms with Crippen molar-refractivity contribution in [2.24, 2.45) is 5.73 Å². The molecule has 2 unspecified atom stereocenters. The molecule has 17 heavy (non-hydrogen) atoms. The number of nitrogens with zero attached hydrogens (tertiary/aromatic N) is 1. The van der Waals surface area contributed by atoms with Gasteiger partial charge in [0.05, 0.1) is 6.04 Å². The summed E-state index contributed by atoms with van der Waals surface area (Å²) in [5.74, 6) is 0. The molecule has 94 valence electrons. The van der Waals surface area contributed by atoms with Gasteiger partial charge in [0.25, 0.3) is 0 Å². The Bertz CT molecular complexity index is 370. The molecule has 0 bridgehead atoms. The summed E-state index contributed by atoms with van der Waals surface area (Å²) in [6.07, 6.45) is 4.55. The van der Waals surface area contributed by atoms with Gasteiger partial charge in [-0.3, -0.25) is 4.90 Å². The molecule has 2 atom stereocenters. The predicted molar refractivity (Wildman–Crippen MR) is 75.3 cm³/mol. The lowest BCUT2D eigenvalue weighted by Crippen LogP contribution is -2.42. The fourth-order valence-electron chi connectivity index (χ4n) is 2.38. The lowest BCUT2D eigenvalue weighted by Gasteiger charge is -2.36. The minimum atomic E-state index is 0.237. The van der Waals surface area contributed by atoms with Crippen molar-refractivity contribution in [3.05, 3.63) is 34.0 Å². The first kappa shape index (κ1) is 12.8. The van der Waals surface area contributed by atoms with Gasteiger partial charge >= 0.3 is 0 Å². The zero-order chi connectivity index (χ0) is 12.3. The molecule has 1 aromatic heterocycles. The molecule has 0 amide bonds. The molecule has 0 spiro atoms. The maximum absolute atomic E-state index is 6.32. The highest BCUT2D eigenvalue weighted by atomic mass is 32.1. The van der Waals surface area contributed by atoms with Gasteiger partial charge in [-0.15, -0.1) is 11.3 Å². The summed E-state index contributed by atoms with van der Waals surface area (Å²) < 4.78 is 0. The van der Waals surface area contributed by atoms with Crippen molar-refractivity contribution in [3.63, 3.8) is 0 Å².